The fourth-order valence-corrected chi connectivity index (χ4v) is 4.97. The molecule has 32 heavy (non-hydrogen) atoms. The molecule has 0 N–H and O–H groups in total. The number of piperazine rings is 1. The van der Waals surface area contributed by atoms with Crippen LogP contribution in [-0.2, 0) is 10.2 Å². The number of hydrogen-bond donors (Lipinski definition) is 0. The molecule has 0 bridgehead atoms. The van der Waals surface area contributed by atoms with Crippen LogP contribution in [0.4, 0.5) is 8.78 Å². The Morgan fingerprint density at radius 2 is 1.41 bits per heavy atom. The monoisotopic (exact) mass is 442 g/mol. The number of carbonyl (C=O) groups is 2. The highest BCUT2D eigenvalue weighted by molar-refractivity contribution is 5.95. The minimum Gasteiger partial charge on any atom is -0.497 e. The van der Waals surface area contributed by atoms with Crippen molar-refractivity contribution in [2.45, 2.75) is 37.5 Å². The number of amides is 2. The van der Waals surface area contributed by atoms with E-state index in [4.69, 9.17) is 4.74 Å². The Hall–Kier alpha value is -2.96. The van der Waals surface area contributed by atoms with Crippen molar-refractivity contribution in [2.75, 3.05) is 33.3 Å². The molecule has 5 nitrogen and oxygen atoms in total. The van der Waals surface area contributed by atoms with Gasteiger partial charge in [-0.15, -0.1) is 0 Å². The predicted octanol–water partition coefficient (Wildman–Crippen LogP) is 4.16. The highest BCUT2D eigenvalue weighted by Gasteiger charge is 2.44. The van der Waals surface area contributed by atoms with E-state index in [-0.39, 0.29) is 19.0 Å². The van der Waals surface area contributed by atoms with Crippen LogP contribution >= 0.6 is 0 Å². The Morgan fingerprint density at radius 3 is 1.97 bits per heavy atom. The number of rotatable bonds is 4. The number of hydrogen-bond acceptors (Lipinski definition) is 3. The standard InChI is InChI=1S/C25H28F2N2O3/c1-32-19-10-8-18(9-11-19)25(12-3-2-4-13-25)24(31)29-16-14-28(15-17-29)23(30)22-20(26)6-5-7-21(22)27/h5-11H,2-4,12-17H2,1H3. The summed E-state index contributed by atoms with van der Waals surface area (Å²) in [5, 5.41) is 0. The molecule has 4 rings (SSSR count). The normalized spacial score (nSPS) is 18.3. The van der Waals surface area contributed by atoms with Crippen LogP contribution in [0.3, 0.4) is 0 Å². The molecule has 1 saturated carbocycles. The average molecular weight is 443 g/mol. The van der Waals surface area contributed by atoms with Crippen LogP contribution in [0.25, 0.3) is 0 Å². The molecular weight excluding hydrogens is 414 g/mol. The van der Waals surface area contributed by atoms with Gasteiger partial charge < -0.3 is 14.5 Å². The fourth-order valence-electron chi connectivity index (χ4n) is 4.97. The van der Waals surface area contributed by atoms with Gasteiger partial charge in [0.05, 0.1) is 12.5 Å². The lowest BCUT2D eigenvalue weighted by Crippen LogP contribution is -2.56. The fraction of sp³-hybridized carbons (Fsp3) is 0.440. The quantitative estimate of drug-likeness (QED) is 0.715. The molecule has 2 amide bonds. The molecule has 2 aromatic rings. The van der Waals surface area contributed by atoms with Crippen molar-refractivity contribution < 1.29 is 23.1 Å². The second kappa shape index (κ2) is 9.27. The number of carbonyl (C=O) groups excluding carboxylic acids is 2. The van der Waals surface area contributed by atoms with Gasteiger partial charge >= 0.3 is 0 Å². The van der Waals surface area contributed by atoms with E-state index in [1.54, 1.807) is 12.0 Å². The Bertz CT molecular complexity index is 959. The number of methoxy groups -OCH3 is 1. The summed E-state index contributed by atoms with van der Waals surface area (Å²) in [6.45, 7) is 1.19. The van der Waals surface area contributed by atoms with Crippen molar-refractivity contribution in [3.63, 3.8) is 0 Å². The maximum atomic E-state index is 14.0. The molecule has 1 heterocycles. The van der Waals surface area contributed by atoms with Crippen LogP contribution in [0.5, 0.6) is 5.75 Å². The summed E-state index contributed by atoms with van der Waals surface area (Å²) < 4.78 is 33.3. The molecule has 7 heteroatoms. The van der Waals surface area contributed by atoms with Crippen molar-refractivity contribution in [1.29, 1.82) is 0 Å². The minimum absolute atomic E-state index is 0.0755. The Kier molecular flexibility index (Phi) is 6.44. The molecule has 1 saturated heterocycles. The largest absolute Gasteiger partial charge is 0.497 e. The van der Waals surface area contributed by atoms with E-state index in [2.05, 4.69) is 0 Å². The Balaban J connectivity index is 1.50. The van der Waals surface area contributed by atoms with Gasteiger partial charge in [-0.2, -0.15) is 0 Å². The summed E-state index contributed by atoms with van der Waals surface area (Å²) in [6.07, 6.45) is 4.67. The third kappa shape index (κ3) is 4.08. The van der Waals surface area contributed by atoms with Gasteiger partial charge in [-0.05, 0) is 42.7 Å². The summed E-state index contributed by atoms with van der Waals surface area (Å²) in [7, 11) is 1.62. The summed E-state index contributed by atoms with van der Waals surface area (Å²) >= 11 is 0. The molecule has 170 valence electrons. The SMILES string of the molecule is COc1ccc(C2(C(=O)N3CCN(C(=O)c4c(F)cccc4F)CC3)CCCCC2)cc1. The van der Waals surface area contributed by atoms with Crippen molar-refractivity contribution in [1.82, 2.24) is 9.80 Å². The number of nitrogens with zero attached hydrogens (tertiary/aromatic N) is 2. The van der Waals surface area contributed by atoms with Crippen molar-refractivity contribution >= 4 is 11.8 Å². The second-order valence-electron chi connectivity index (χ2n) is 8.55. The number of benzene rings is 2. The first-order valence-electron chi connectivity index (χ1n) is 11.1. The zero-order chi connectivity index (χ0) is 22.7. The van der Waals surface area contributed by atoms with E-state index in [0.717, 1.165) is 55.5 Å². The first-order valence-corrected chi connectivity index (χ1v) is 11.1. The van der Waals surface area contributed by atoms with Crippen molar-refractivity contribution in [2.24, 2.45) is 0 Å². The van der Waals surface area contributed by atoms with Crippen LogP contribution in [0.1, 0.15) is 48.0 Å². The highest BCUT2D eigenvalue weighted by atomic mass is 19.1. The minimum atomic E-state index is -0.867. The van der Waals surface area contributed by atoms with Crippen molar-refractivity contribution in [3.05, 3.63) is 65.2 Å². The summed E-state index contributed by atoms with van der Waals surface area (Å²) in [5.41, 5.74) is -0.113. The second-order valence-corrected chi connectivity index (χ2v) is 8.55. The lowest BCUT2D eigenvalue weighted by atomic mass is 9.68. The third-order valence-corrected chi connectivity index (χ3v) is 6.79. The van der Waals surface area contributed by atoms with Crippen molar-refractivity contribution in [3.8, 4) is 5.75 Å². The average Bonchev–Trinajstić information content (AvgIpc) is 2.84. The molecule has 0 radical (unpaired) electrons. The molecular formula is C25H28F2N2O3. The maximum absolute atomic E-state index is 14.0. The van der Waals surface area contributed by atoms with Gasteiger partial charge in [-0.1, -0.05) is 37.5 Å². The van der Waals surface area contributed by atoms with E-state index in [0.29, 0.717) is 13.1 Å². The smallest absolute Gasteiger partial charge is 0.259 e. The topological polar surface area (TPSA) is 49.9 Å². The van der Waals surface area contributed by atoms with Crippen LogP contribution < -0.4 is 4.74 Å². The van der Waals surface area contributed by atoms with Gasteiger partial charge in [0.15, 0.2) is 0 Å². The van der Waals surface area contributed by atoms with Gasteiger partial charge in [-0.25, -0.2) is 8.78 Å². The molecule has 2 aromatic carbocycles. The van der Waals surface area contributed by atoms with Crippen LogP contribution in [0, 0.1) is 11.6 Å². The Labute approximate surface area is 187 Å². The Morgan fingerprint density at radius 1 is 0.844 bits per heavy atom. The number of halogens is 2. The molecule has 1 aliphatic heterocycles. The lowest BCUT2D eigenvalue weighted by Gasteiger charge is -2.43. The van der Waals surface area contributed by atoms with E-state index in [1.807, 2.05) is 24.3 Å². The van der Waals surface area contributed by atoms with Gasteiger partial charge in [0.25, 0.3) is 5.91 Å². The molecule has 0 unspecified atom stereocenters. The molecule has 0 atom stereocenters. The highest BCUT2D eigenvalue weighted by Crippen LogP contribution is 2.41. The molecule has 0 spiro atoms. The van der Waals surface area contributed by atoms with Crippen LogP contribution in [-0.4, -0.2) is 54.9 Å². The maximum Gasteiger partial charge on any atom is 0.259 e. The van der Waals surface area contributed by atoms with E-state index < -0.39 is 28.5 Å². The van der Waals surface area contributed by atoms with Crippen LogP contribution in [0.2, 0.25) is 0 Å². The molecule has 2 fully saturated rings. The van der Waals surface area contributed by atoms with Crippen LogP contribution in [0.15, 0.2) is 42.5 Å². The number of ether oxygens (including phenoxy) is 1. The zero-order valence-electron chi connectivity index (χ0n) is 18.3. The third-order valence-electron chi connectivity index (χ3n) is 6.79. The van der Waals surface area contributed by atoms with Gasteiger partial charge in [0.2, 0.25) is 5.91 Å². The molecule has 0 aromatic heterocycles. The van der Waals surface area contributed by atoms with Gasteiger partial charge in [-0.3, -0.25) is 9.59 Å². The first kappa shape index (κ1) is 22.2. The van der Waals surface area contributed by atoms with E-state index in [1.165, 1.54) is 11.0 Å². The predicted molar refractivity (Wildman–Crippen MR) is 117 cm³/mol. The summed E-state index contributed by atoms with van der Waals surface area (Å²) in [5.74, 6) is -1.58. The van der Waals surface area contributed by atoms with Gasteiger partial charge in [0, 0.05) is 26.2 Å². The molecule has 1 aliphatic carbocycles. The lowest BCUT2D eigenvalue weighted by molar-refractivity contribution is -0.140. The summed E-state index contributed by atoms with van der Waals surface area (Å²) in [4.78, 5) is 29.7. The molecule has 2 aliphatic rings. The zero-order valence-corrected chi connectivity index (χ0v) is 18.3. The van der Waals surface area contributed by atoms with E-state index in [9.17, 15) is 18.4 Å². The first-order chi connectivity index (χ1) is 15.5. The van der Waals surface area contributed by atoms with E-state index >= 15 is 0 Å². The van der Waals surface area contributed by atoms with Gasteiger partial charge in [0.1, 0.15) is 22.9 Å². The summed E-state index contributed by atoms with van der Waals surface area (Å²) in [6, 6.07) is 11.1.